The number of hydrogen-bond acceptors (Lipinski definition) is 5. The van der Waals surface area contributed by atoms with E-state index in [9.17, 15) is 4.79 Å². The minimum atomic E-state index is -0.0711. The summed E-state index contributed by atoms with van der Waals surface area (Å²) in [5.41, 5.74) is 4.64. The van der Waals surface area contributed by atoms with Crippen LogP contribution in [0.3, 0.4) is 0 Å². The van der Waals surface area contributed by atoms with Crippen molar-refractivity contribution in [2.45, 2.75) is 6.42 Å². The highest BCUT2D eigenvalue weighted by molar-refractivity contribution is 5.96. The van der Waals surface area contributed by atoms with Crippen molar-refractivity contribution in [1.82, 2.24) is 24.8 Å². The lowest BCUT2D eigenvalue weighted by Gasteiger charge is -2.09. The highest BCUT2D eigenvalue weighted by atomic mass is 16.1. The maximum atomic E-state index is 12.9. The summed E-state index contributed by atoms with van der Waals surface area (Å²) < 4.78 is 1.68. The number of nitrogens with one attached hydrogen (secondary N) is 1. The smallest absolute Gasteiger partial charge is 0.228 e. The maximum absolute atomic E-state index is 12.9. The standard InChI is InChI=1S/C28H20N6O/c35-27(18-20-9-5-8-19-7-1-2-12-23(19)20)30-22-11-6-10-21(17-22)24-14-15-26-31-32-28(34(26)33-24)25-13-3-4-16-29-25/h1-17H,18H2,(H,30,35). The summed E-state index contributed by atoms with van der Waals surface area (Å²) in [6, 6.07) is 31.2. The molecule has 0 atom stereocenters. The zero-order valence-corrected chi connectivity index (χ0v) is 18.7. The molecular weight excluding hydrogens is 436 g/mol. The largest absolute Gasteiger partial charge is 0.326 e. The molecule has 0 unspecified atom stereocenters. The topological polar surface area (TPSA) is 85.1 Å². The summed E-state index contributed by atoms with van der Waals surface area (Å²) in [6.45, 7) is 0. The van der Waals surface area contributed by atoms with Crippen molar-refractivity contribution in [2.75, 3.05) is 5.32 Å². The van der Waals surface area contributed by atoms with E-state index in [2.05, 4.69) is 32.6 Å². The van der Waals surface area contributed by atoms with Crippen molar-refractivity contribution in [3.05, 3.63) is 109 Å². The zero-order valence-electron chi connectivity index (χ0n) is 18.7. The highest BCUT2D eigenvalue weighted by Gasteiger charge is 2.12. The number of carbonyl (C=O) groups is 1. The fourth-order valence-electron chi connectivity index (χ4n) is 4.18. The Morgan fingerprint density at radius 1 is 0.800 bits per heavy atom. The second-order valence-corrected chi connectivity index (χ2v) is 8.17. The molecule has 1 amide bonds. The third kappa shape index (κ3) is 4.11. The molecule has 0 bridgehead atoms. The maximum Gasteiger partial charge on any atom is 0.228 e. The predicted octanol–water partition coefficient (Wildman–Crippen LogP) is 5.19. The van der Waals surface area contributed by atoms with E-state index < -0.39 is 0 Å². The van der Waals surface area contributed by atoms with Crippen molar-refractivity contribution < 1.29 is 4.79 Å². The van der Waals surface area contributed by atoms with Crippen LogP contribution in [0, 0.1) is 0 Å². The molecule has 3 heterocycles. The molecule has 6 aromatic rings. The Morgan fingerprint density at radius 2 is 1.66 bits per heavy atom. The molecule has 35 heavy (non-hydrogen) atoms. The van der Waals surface area contributed by atoms with Crippen LogP contribution in [-0.4, -0.2) is 30.7 Å². The van der Waals surface area contributed by atoms with Gasteiger partial charge in [0, 0.05) is 17.4 Å². The van der Waals surface area contributed by atoms with Crippen LogP contribution in [0.2, 0.25) is 0 Å². The van der Waals surface area contributed by atoms with Crippen LogP contribution in [0.4, 0.5) is 5.69 Å². The summed E-state index contributed by atoms with van der Waals surface area (Å²) in [5, 5.41) is 18.4. The Hall–Kier alpha value is -4.91. The molecule has 0 fully saturated rings. The van der Waals surface area contributed by atoms with Gasteiger partial charge in [-0.3, -0.25) is 9.78 Å². The van der Waals surface area contributed by atoms with E-state index in [1.807, 2.05) is 84.9 Å². The summed E-state index contributed by atoms with van der Waals surface area (Å²) >= 11 is 0. The molecule has 3 aromatic heterocycles. The molecule has 0 saturated carbocycles. The number of fused-ring (bicyclic) bond motifs is 2. The van der Waals surface area contributed by atoms with Gasteiger partial charge in [-0.2, -0.15) is 9.61 Å². The third-order valence-corrected chi connectivity index (χ3v) is 5.83. The van der Waals surface area contributed by atoms with Gasteiger partial charge in [-0.15, -0.1) is 10.2 Å². The minimum absolute atomic E-state index is 0.0711. The van der Waals surface area contributed by atoms with Gasteiger partial charge in [-0.1, -0.05) is 60.7 Å². The summed E-state index contributed by atoms with van der Waals surface area (Å²) in [7, 11) is 0. The number of pyridine rings is 1. The Balaban J connectivity index is 1.27. The van der Waals surface area contributed by atoms with Crippen LogP contribution in [0.25, 0.3) is 39.2 Å². The van der Waals surface area contributed by atoms with Crippen LogP contribution < -0.4 is 5.32 Å². The average Bonchev–Trinajstić information content (AvgIpc) is 3.33. The first-order valence-corrected chi connectivity index (χ1v) is 11.3. The second kappa shape index (κ2) is 8.79. The molecule has 3 aromatic carbocycles. The lowest BCUT2D eigenvalue weighted by Crippen LogP contribution is -2.14. The van der Waals surface area contributed by atoms with Crippen LogP contribution in [0.15, 0.2) is 103 Å². The van der Waals surface area contributed by atoms with Gasteiger partial charge in [0.15, 0.2) is 5.65 Å². The number of amides is 1. The number of benzene rings is 3. The van der Waals surface area contributed by atoms with E-state index in [1.54, 1.807) is 10.7 Å². The lowest BCUT2D eigenvalue weighted by molar-refractivity contribution is -0.115. The number of nitrogens with zero attached hydrogens (tertiary/aromatic N) is 5. The van der Waals surface area contributed by atoms with Gasteiger partial charge >= 0.3 is 0 Å². The molecule has 0 aliphatic carbocycles. The molecule has 7 nitrogen and oxygen atoms in total. The number of rotatable bonds is 5. The molecule has 0 spiro atoms. The molecule has 0 radical (unpaired) electrons. The van der Waals surface area contributed by atoms with Crippen LogP contribution in [0.1, 0.15) is 5.56 Å². The normalized spacial score (nSPS) is 11.1. The molecule has 0 aliphatic heterocycles. The SMILES string of the molecule is O=C(Cc1cccc2ccccc12)Nc1cccc(-c2ccc3nnc(-c4ccccn4)n3n2)c1. The van der Waals surface area contributed by atoms with Crippen LogP contribution in [0.5, 0.6) is 0 Å². The first kappa shape index (κ1) is 20.7. The van der Waals surface area contributed by atoms with Gasteiger partial charge < -0.3 is 5.32 Å². The second-order valence-electron chi connectivity index (χ2n) is 8.17. The number of anilines is 1. The average molecular weight is 457 g/mol. The molecule has 0 aliphatic rings. The van der Waals surface area contributed by atoms with E-state index in [0.29, 0.717) is 29.3 Å². The minimum Gasteiger partial charge on any atom is -0.326 e. The van der Waals surface area contributed by atoms with Crippen molar-refractivity contribution >= 4 is 28.0 Å². The van der Waals surface area contributed by atoms with E-state index in [4.69, 9.17) is 5.10 Å². The first-order chi connectivity index (χ1) is 17.2. The Labute approximate surface area is 201 Å². The summed E-state index contributed by atoms with van der Waals surface area (Å²) in [4.78, 5) is 17.2. The Kier molecular flexibility index (Phi) is 5.20. The monoisotopic (exact) mass is 456 g/mol. The first-order valence-electron chi connectivity index (χ1n) is 11.3. The van der Waals surface area contributed by atoms with Crippen LogP contribution in [-0.2, 0) is 11.2 Å². The molecule has 0 saturated heterocycles. The Morgan fingerprint density at radius 3 is 2.57 bits per heavy atom. The van der Waals surface area contributed by atoms with Gasteiger partial charge in [-0.05, 0) is 52.7 Å². The number of aromatic nitrogens is 5. The van der Waals surface area contributed by atoms with Crippen molar-refractivity contribution in [3.63, 3.8) is 0 Å². The van der Waals surface area contributed by atoms with E-state index in [1.165, 1.54) is 0 Å². The van der Waals surface area contributed by atoms with E-state index >= 15 is 0 Å². The van der Waals surface area contributed by atoms with Crippen LogP contribution >= 0.6 is 0 Å². The summed E-state index contributed by atoms with van der Waals surface area (Å²) in [5.74, 6) is 0.500. The predicted molar refractivity (Wildman–Crippen MR) is 136 cm³/mol. The molecule has 168 valence electrons. The third-order valence-electron chi connectivity index (χ3n) is 5.83. The molecule has 1 N–H and O–H groups in total. The molecule has 6 rings (SSSR count). The van der Waals surface area contributed by atoms with Crippen molar-refractivity contribution in [1.29, 1.82) is 0 Å². The van der Waals surface area contributed by atoms with Gasteiger partial charge in [0.1, 0.15) is 5.69 Å². The quantitative estimate of drug-likeness (QED) is 0.386. The lowest BCUT2D eigenvalue weighted by atomic mass is 10.0. The zero-order chi connectivity index (χ0) is 23.6. The van der Waals surface area contributed by atoms with Crippen molar-refractivity contribution in [2.24, 2.45) is 0 Å². The molecular formula is C28H20N6O. The summed E-state index contributed by atoms with van der Waals surface area (Å²) in [6.07, 6.45) is 2.01. The van der Waals surface area contributed by atoms with Gasteiger partial charge in [-0.25, -0.2) is 0 Å². The fourth-order valence-corrected chi connectivity index (χ4v) is 4.18. The van der Waals surface area contributed by atoms with Crippen molar-refractivity contribution in [3.8, 4) is 22.8 Å². The number of carbonyl (C=O) groups excluding carboxylic acids is 1. The Bertz CT molecular complexity index is 1670. The highest BCUT2D eigenvalue weighted by Crippen LogP contribution is 2.24. The van der Waals surface area contributed by atoms with E-state index in [-0.39, 0.29) is 5.91 Å². The fraction of sp³-hybridized carbons (Fsp3) is 0.0357. The number of hydrogen-bond donors (Lipinski definition) is 1. The molecule has 7 heteroatoms. The van der Waals surface area contributed by atoms with Gasteiger partial charge in [0.25, 0.3) is 0 Å². The van der Waals surface area contributed by atoms with E-state index in [0.717, 1.165) is 27.6 Å². The van der Waals surface area contributed by atoms with Gasteiger partial charge in [0.2, 0.25) is 11.7 Å². The van der Waals surface area contributed by atoms with Gasteiger partial charge in [0.05, 0.1) is 12.1 Å².